The summed E-state index contributed by atoms with van der Waals surface area (Å²) in [5.74, 6) is -0.938. The van der Waals surface area contributed by atoms with E-state index in [9.17, 15) is 14.4 Å². The molecule has 0 aromatic heterocycles. The fourth-order valence-corrected chi connectivity index (χ4v) is 8.25. The summed E-state index contributed by atoms with van der Waals surface area (Å²) in [6.45, 7) is 6.37. The predicted octanol–water partition coefficient (Wildman–Crippen LogP) is 21.4. The molecule has 1 atom stereocenters. The molecule has 0 aliphatic rings. The second-order valence-electron chi connectivity index (χ2n) is 20.2. The van der Waals surface area contributed by atoms with Crippen molar-refractivity contribution < 1.29 is 28.6 Å². The Morgan fingerprint density at radius 3 is 0.816 bits per heavy atom. The molecule has 6 nitrogen and oxygen atoms in total. The van der Waals surface area contributed by atoms with E-state index in [0.29, 0.717) is 19.3 Å². The van der Waals surface area contributed by atoms with Crippen LogP contribution in [0.15, 0.2) is 134 Å². The molecule has 0 saturated carbocycles. The first-order valence-electron chi connectivity index (χ1n) is 31.2. The van der Waals surface area contributed by atoms with E-state index in [0.717, 1.165) is 154 Å². The zero-order valence-electron chi connectivity index (χ0n) is 49.2. The number of hydrogen-bond acceptors (Lipinski definition) is 6. The minimum atomic E-state index is -0.803. The Morgan fingerprint density at radius 2 is 0.513 bits per heavy atom. The maximum Gasteiger partial charge on any atom is 0.306 e. The van der Waals surface area contributed by atoms with Crippen LogP contribution in [0.4, 0.5) is 0 Å². The molecule has 6 heteroatoms. The van der Waals surface area contributed by atoms with Crippen molar-refractivity contribution >= 4 is 17.9 Å². The normalized spacial score (nSPS) is 13.0. The molecule has 0 aromatic carbocycles. The average Bonchev–Trinajstić information content (AvgIpc) is 3.42. The minimum Gasteiger partial charge on any atom is -0.462 e. The van der Waals surface area contributed by atoms with E-state index >= 15 is 0 Å². The molecule has 0 radical (unpaired) electrons. The molecule has 0 aliphatic heterocycles. The molecule has 0 spiro atoms. The second kappa shape index (κ2) is 63.1. The third-order valence-electron chi connectivity index (χ3n) is 12.9. The van der Waals surface area contributed by atoms with Gasteiger partial charge in [0.2, 0.25) is 0 Å². The van der Waals surface area contributed by atoms with Crippen LogP contribution in [0.1, 0.15) is 271 Å². The molecule has 0 saturated heterocycles. The highest BCUT2D eigenvalue weighted by Crippen LogP contribution is 2.14. The smallest absolute Gasteiger partial charge is 0.306 e. The maximum atomic E-state index is 12.9. The summed E-state index contributed by atoms with van der Waals surface area (Å²) in [6.07, 6.45) is 88.8. The molecule has 0 amide bonds. The highest BCUT2D eigenvalue weighted by Gasteiger charge is 2.19. The lowest BCUT2D eigenvalue weighted by atomic mass is 10.1. The topological polar surface area (TPSA) is 78.9 Å². The number of carbonyl (C=O) groups is 3. The summed E-state index contributed by atoms with van der Waals surface area (Å²) in [5, 5.41) is 0. The maximum absolute atomic E-state index is 12.9. The number of allylic oxidation sites excluding steroid dienone is 22. The number of hydrogen-bond donors (Lipinski definition) is 0. The molecule has 430 valence electrons. The van der Waals surface area contributed by atoms with Crippen molar-refractivity contribution in [3.05, 3.63) is 134 Å². The Hall–Kier alpha value is -4.45. The van der Waals surface area contributed by atoms with Gasteiger partial charge in [0.1, 0.15) is 13.2 Å². The van der Waals surface area contributed by atoms with Gasteiger partial charge < -0.3 is 14.2 Å². The molecule has 0 aliphatic carbocycles. The van der Waals surface area contributed by atoms with Crippen molar-refractivity contribution in [2.45, 2.75) is 277 Å². The molecule has 0 rings (SSSR count). The van der Waals surface area contributed by atoms with Crippen LogP contribution in [0.5, 0.6) is 0 Å². The summed E-state index contributed by atoms with van der Waals surface area (Å²) >= 11 is 0. The number of esters is 3. The third kappa shape index (κ3) is 60.4. The average molecular weight is 1050 g/mol. The standard InChI is InChI=1S/C70H114O6/c1-4-7-10-13-16-19-22-25-28-30-31-32-33-34-35-36-37-38-39-41-42-45-48-51-54-57-60-63-69(72)75-66-67(65-74-68(71)62-59-56-53-50-47-44-27-24-21-18-15-12-9-6-3)76-70(73)64-61-58-55-52-49-46-43-40-29-26-23-20-17-14-11-8-5-2/h7-8,10-11,16-17,19-20,24-29,31-32,34-35,37-38,43,46,67H,4-6,9,12-15,18,21-23,30,33,36,39-42,44-45,47-66H2,1-3H3/b10-7-,11-8-,19-16-,20-17-,27-24-,28-25-,29-26-,32-31-,35-34-,38-37-,46-43-. The first-order valence-corrected chi connectivity index (χ1v) is 31.2. The number of carbonyl (C=O) groups excluding carboxylic acids is 3. The van der Waals surface area contributed by atoms with Crippen LogP contribution >= 0.6 is 0 Å². The Balaban J connectivity index is 4.40. The van der Waals surface area contributed by atoms with Crippen LogP contribution in [0.2, 0.25) is 0 Å². The summed E-state index contributed by atoms with van der Waals surface area (Å²) in [7, 11) is 0. The van der Waals surface area contributed by atoms with Gasteiger partial charge in [-0.25, -0.2) is 0 Å². The molecule has 0 N–H and O–H groups in total. The lowest BCUT2D eigenvalue weighted by Crippen LogP contribution is -2.30. The van der Waals surface area contributed by atoms with Gasteiger partial charge in [-0.05, 0) is 135 Å². The fourth-order valence-electron chi connectivity index (χ4n) is 8.25. The van der Waals surface area contributed by atoms with Gasteiger partial charge in [-0.3, -0.25) is 14.4 Å². The molecule has 1 unspecified atom stereocenters. The van der Waals surface area contributed by atoms with Crippen molar-refractivity contribution in [1.29, 1.82) is 0 Å². The molecule has 0 heterocycles. The van der Waals surface area contributed by atoms with Gasteiger partial charge in [0.15, 0.2) is 6.10 Å². The molecule has 0 bridgehead atoms. The SMILES string of the molecule is CC/C=C\C/C=C\C/C=C\C/C=C\C/C=C\C/C=C\CCCCCCCCCCC(=O)OCC(COC(=O)CCCCCCC/C=C\CCCCCCC)OC(=O)CCCCCC/C=C\C/C=C\C/C=C\C/C=C\CC. The van der Waals surface area contributed by atoms with E-state index < -0.39 is 6.10 Å². The van der Waals surface area contributed by atoms with Crippen LogP contribution in [0.25, 0.3) is 0 Å². The number of ether oxygens (including phenoxy) is 3. The van der Waals surface area contributed by atoms with Crippen LogP contribution < -0.4 is 0 Å². The Morgan fingerprint density at radius 1 is 0.276 bits per heavy atom. The summed E-state index contributed by atoms with van der Waals surface area (Å²) in [4.78, 5) is 38.3. The first kappa shape index (κ1) is 71.5. The van der Waals surface area contributed by atoms with E-state index in [-0.39, 0.29) is 31.1 Å². The molecule has 0 fully saturated rings. The van der Waals surface area contributed by atoms with Crippen LogP contribution in [0, 0.1) is 0 Å². The zero-order chi connectivity index (χ0) is 55.0. The van der Waals surface area contributed by atoms with Gasteiger partial charge in [-0.2, -0.15) is 0 Å². The fraction of sp³-hybridized carbons (Fsp3) is 0.643. The van der Waals surface area contributed by atoms with Crippen molar-refractivity contribution in [2.75, 3.05) is 13.2 Å². The highest BCUT2D eigenvalue weighted by molar-refractivity contribution is 5.71. The van der Waals surface area contributed by atoms with E-state index in [4.69, 9.17) is 14.2 Å². The van der Waals surface area contributed by atoms with Crippen molar-refractivity contribution in [3.8, 4) is 0 Å². The van der Waals surface area contributed by atoms with E-state index in [1.165, 1.54) is 77.0 Å². The molecular weight excluding hydrogens is 937 g/mol. The number of rotatable bonds is 55. The lowest BCUT2D eigenvalue weighted by Gasteiger charge is -2.18. The van der Waals surface area contributed by atoms with Crippen molar-refractivity contribution in [3.63, 3.8) is 0 Å². The minimum absolute atomic E-state index is 0.0982. The zero-order valence-corrected chi connectivity index (χ0v) is 49.2. The Labute approximate surface area is 468 Å². The van der Waals surface area contributed by atoms with Crippen molar-refractivity contribution in [2.24, 2.45) is 0 Å². The van der Waals surface area contributed by atoms with Gasteiger partial charge in [0.05, 0.1) is 0 Å². The molecular formula is C70H114O6. The quantitative estimate of drug-likeness (QED) is 0.0261. The van der Waals surface area contributed by atoms with Crippen LogP contribution in [0.3, 0.4) is 0 Å². The monoisotopic (exact) mass is 1050 g/mol. The highest BCUT2D eigenvalue weighted by atomic mass is 16.6. The van der Waals surface area contributed by atoms with E-state index in [1.807, 2.05) is 0 Å². The van der Waals surface area contributed by atoms with E-state index in [2.05, 4.69) is 154 Å². The lowest BCUT2D eigenvalue weighted by molar-refractivity contribution is -0.167. The number of unbranched alkanes of at least 4 members (excludes halogenated alkanes) is 22. The largest absolute Gasteiger partial charge is 0.462 e. The Bertz CT molecular complexity index is 1630. The van der Waals surface area contributed by atoms with Gasteiger partial charge >= 0.3 is 17.9 Å². The summed E-state index contributed by atoms with van der Waals surface area (Å²) < 4.78 is 16.9. The first-order chi connectivity index (χ1) is 37.5. The van der Waals surface area contributed by atoms with Crippen LogP contribution in [-0.4, -0.2) is 37.2 Å². The Kier molecular flexibility index (Phi) is 59.4. The summed E-state index contributed by atoms with van der Waals surface area (Å²) in [5.41, 5.74) is 0. The molecule has 76 heavy (non-hydrogen) atoms. The predicted molar refractivity (Wildman–Crippen MR) is 329 cm³/mol. The second-order valence-corrected chi connectivity index (χ2v) is 20.2. The third-order valence-corrected chi connectivity index (χ3v) is 12.9. The van der Waals surface area contributed by atoms with Gasteiger partial charge in [0, 0.05) is 19.3 Å². The van der Waals surface area contributed by atoms with Crippen molar-refractivity contribution in [1.82, 2.24) is 0 Å². The molecule has 0 aromatic rings. The summed E-state index contributed by atoms with van der Waals surface area (Å²) in [6, 6.07) is 0. The van der Waals surface area contributed by atoms with Crippen LogP contribution in [-0.2, 0) is 28.6 Å². The van der Waals surface area contributed by atoms with Gasteiger partial charge in [-0.15, -0.1) is 0 Å². The van der Waals surface area contributed by atoms with Gasteiger partial charge in [-0.1, -0.05) is 251 Å². The van der Waals surface area contributed by atoms with E-state index in [1.54, 1.807) is 0 Å². The van der Waals surface area contributed by atoms with Gasteiger partial charge in [0.25, 0.3) is 0 Å².